The molecule has 2 aromatic carbocycles. The number of carbonyl (C=O) groups excluding carboxylic acids is 1. The molecule has 2 aromatic rings. The molecule has 0 aromatic heterocycles. The Kier molecular flexibility index (Phi) is 3.35. The van der Waals surface area contributed by atoms with Crippen molar-refractivity contribution in [2.24, 2.45) is 0 Å². The van der Waals surface area contributed by atoms with Crippen LogP contribution in [0.1, 0.15) is 11.6 Å². The van der Waals surface area contributed by atoms with Crippen molar-refractivity contribution in [1.29, 1.82) is 0 Å². The second-order valence-electron chi connectivity index (χ2n) is 4.85. The molecule has 5 heteroatoms. The van der Waals surface area contributed by atoms with Gasteiger partial charge in [-0.2, -0.15) is 0 Å². The summed E-state index contributed by atoms with van der Waals surface area (Å²) in [6.45, 7) is 0. The standard InChI is InChI=1S/C16H14FNO3/c1-21-13-8-6-12(7-9-13)18-14(15(19)16(18)20)10-2-4-11(17)5-3-10/h2-9,14-15,19H,1H3/t14-,15-/m0/s1. The molecule has 0 radical (unpaired) electrons. The third kappa shape index (κ3) is 2.25. The molecule has 3 rings (SSSR count). The van der Waals surface area contributed by atoms with Gasteiger partial charge in [0.05, 0.1) is 13.2 Å². The largest absolute Gasteiger partial charge is 0.497 e. The lowest BCUT2D eigenvalue weighted by Crippen LogP contribution is -2.59. The van der Waals surface area contributed by atoms with E-state index in [9.17, 15) is 14.3 Å². The van der Waals surface area contributed by atoms with Gasteiger partial charge in [0.1, 0.15) is 11.6 Å². The van der Waals surface area contributed by atoms with Crippen molar-refractivity contribution in [2.45, 2.75) is 12.1 Å². The number of hydrogen-bond acceptors (Lipinski definition) is 3. The summed E-state index contributed by atoms with van der Waals surface area (Å²) in [6.07, 6.45) is -1.10. The maximum Gasteiger partial charge on any atom is 0.259 e. The van der Waals surface area contributed by atoms with Crippen LogP contribution in [0.2, 0.25) is 0 Å². The number of nitrogens with zero attached hydrogens (tertiary/aromatic N) is 1. The van der Waals surface area contributed by atoms with Crippen LogP contribution in [-0.4, -0.2) is 24.2 Å². The molecule has 0 unspecified atom stereocenters. The highest BCUT2D eigenvalue weighted by Crippen LogP contribution is 2.39. The minimum atomic E-state index is -1.10. The van der Waals surface area contributed by atoms with E-state index in [2.05, 4.69) is 0 Å². The summed E-state index contributed by atoms with van der Waals surface area (Å²) in [5.74, 6) is -0.0324. The highest BCUT2D eigenvalue weighted by atomic mass is 19.1. The number of anilines is 1. The van der Waals surface area contributed by atoms with Gasteiger partial charge < -0.3 is 9.84 Å². The molecule has 21 heavy (non-hydrogen) atoms. The van der Waals surface area contributed by atoms with E-state index in [-0.39, 0.29) is 11.7 Å². The Bertz CT molecular complexity index is 654. The number of hydrogen-bond donors (Lipinski definition) is 1. The van der Waals surface area contributed by atoms with Crippen LogP contribution in [0.4, 0.5) is 10.1 Å². The molecule has 0 spiro atoms. The maximum atomic E-state index is 13.0. The van der Waals surface area contributed by atoms with Crippen molar-refractivity contribution in [3.8, 4) is 5.75 Å². The molecule has 0 aliphatic carbocycles. The average Bonchev–Trinajstić information content (AvgIpc) is 2.53. The molecule has 1 fully saturated rings. The van der Waals surface area contributed by atoms with Crippen LogP contribution < -0.4 is 9.64 Å². The first kappa shape index (κ1) is 13.6. The summed E-state index contributed by atoms with van der Waals surface area (Å²) in [7, 11) is 1.56. The Labute approximate surface area is 121 Å². The van der Waals surface area contributed by atoms with Gasteiger partial charge in [0.25, 0.3) is 5.91 Å². The lowest BCUT2D eigenvalue weighted by atomic mass is 9.90. The molecule has 1 aliphatic heterocycles. The van der Waals surface area contributed by atoms with E-state index < -0.39 is 12.1 Å². The quantitative estimate of drug-likeness (QED) is 0.881. The van der Waals surface area contributed by atoms with E-state index in [1.807, 2.05) is 0 Å². The van der Waals surface area contributed by atoms with Crippen molar-refractivity contribution < 1.29 is 19.0 Å². The fourth-order valence-corrected chi connectivity index (χ4v) is 2.50. The maximum absolute atomic E-state index is 13.0. The van der Waals surface area contributed by atoms with E-state index >= 15 is 0 Å². The number of carbonyl (C=O) groups is 1. The summed E-state index contributed by atoms with van der Waals surface area (Å²) in [5.41, 5.74) is 1.36. The van der Waals surface area contributed by atoms with Crippen LogP contribution in [0.25, 0.3) is 0 Å². The molecule has 1 N–H and O–H groups in total. The second kappa shape index (κ2) is 5.18. The zero-order valence-corrected chi connectivity index (χ0v) is 11.4. The van der Waals surface area contributed by atoms with E-state index in [1.165, 1.54) is 17.0 Å². The highest BCUT2D eigenvalue weighted by molar-refractivity contribution is 6.04. The summed E-state index contributed by atoms with van der Waals surface area (Å²) < 4.78 is 18.1. The van der Waals surface area contributed by atoms with Crippen LogP contribution in [0.15, 0.2) is 48.5 Å². The fraction of sp³-hybridized carbons (Fsp3) is 0.188. The molecule has 108 valence electrons. The number of aliphatic hydroxyl groups excluding tert-OH is 1. The molecule has 0 bridgehead atoms. The number of aliphatic hydroxyl groups is 1. The summed E-state index contributed by atoms with van der Waals surface area (Å²) in [6, 6.07) is 12.3. The molecule has 1 aliphatic rings. The van der Waals surface area contributed by atoms with Gasteiger partial charge in [-0.25, -0.2) is 4.39 Å². The van der Waals surface area contributed by atoms with E-state index in [0.29, 0.717) is 17.0 Å². The number of β-lactam (4-membered cyclic amide) rings is 1. The van der Waals surface area contributed by atoms with Gasteiger partial charge >= 0.3 is 0 Å². The van der Waals surface area contributed by atoms with Gasteiger partial charge in [0.2, 0.25) is 0 Å². The third-order valence-corrected chi connectivity index (χ3v) is 3.63. The van der Waals surface area contributed by atoms with Gasteiger partial charge in [-0.05, 0) is 42.0 Å². The number of rotatable bonds is 3. The van der Waals surface area contributed by atoms with E-state index in [1.54, 1.807) is 43.5 Å². The number of amides is 1. The Morgan fingerprint density at radius 2 is 1.71 bits per heavy atom. The predicted molar refractivity (Wildman–Crippen MR) is 75.6 cm³/mol. The Balaban J connectivity index is 1.92. The summed E-state index contributed by atoms with van der Waals surface area (Å²) >= 11 is 0. The smallest absolute Gasteiger partial charge is 0.259 e. The number of benzene rings is 2. The number of ether oxygens (including phenoxy) is 1. The monoisotopic (exact) mass is 287 g/mol. The number of halogens is 1. The van der Waals surface area contributed by atoms with Crippen LogP contribution in [-0.2, 0) is 4.79 Å². The molecule has 1 saturated heterocycles. The first-order valence-corrected chi connectivity index (χ1v) is 6.52. The lowest BCUT2D eigenvalue weighted by molar-refractivity contribution is -0.137. The van der Waals surface area contributed by atoms with Gasteiger partial charge in [-0.15, -0.1) is 0 Å². The molecule has 1 amide bonds. The molecule has 1 heterocycles. The minimum absolute atomic E-state index is 0.352. The van der Waals surface area contributed by atoms with Gasteiger partial charge in [-0.1, -0.05) is 12.1 Å². The normalized spacial score (nSPS) is 21.1. The van der Waals surface area contributed by atoms with Crippen molar-refractivity contribution in [2.75, 3.05) is 12.0 Å². The number of methoxy groups -OCH3 is 1. The second-order valence-corrected chi connectivity index (χ2v) is 4.85. The third-order valence-electron chi connectivity index (χ3n) is 3.63. The van der Waals surface area contributed by atoms with E-state index in [0.717, 1.165) is 0 Å². The van der Waals surface area contributed by atoms with Gasteiger partial charge in [0.15, 0.2) is 6.10 Å². The molecule has 4 nitrogen and oxygen atoms in total. The lowest BCUT2D eigenvalue weighted by Gasteiger charge is -2.44. The van der Waals surface area contributed by atoms with Crippen molar-refractivity contribution in [3.63, 3.8) is 0 Å². The zero-order valence-electron chi connectivity index (χ0n) is 11.4. The Morgan fingerprint density at radius 1 is 1.10 bits per heavy atom. The Morgan fingerprint density at radius 3 is 2.29 bits per heavy atom. The topological polar surface area (TPSA) is 49.8 Å². The average molecular weight is 287 g/mol. The van der Waals surface area contributed by atoms with Crippen LogP contribution in [0.3, 0.4) is 0 Å². The van der Waals surface area contributed by atoms with E-state index in [4.69, 9.17) is 4.74 Å². The first-order chi connectivity index (χ1) is 10.1. The van der Waals surface area contributed by atoms with Gasteiger partial charge in [-0.3, -0.25) is 9.69 Å². The predicted octanol–water partition coefficient (Wildman–Crippen LogP) is 2.28. The molecular formula is C16H14FNO3. The molecule has 2 atom stereocenters. The van der Waals surface area contributed by atoms with Crippen molar-refractivity contribution in [3.05, 3.63) is 59.9 Å². The van der Waals surface area contributed by atoms with Crippen molar-refractivity contribution in [1.82, 2.24) is 0 Å². The minimum Gasteiger partial charge on any atom is -0.497 e. The summed E-state index contributed by atoms with van der Waals surface area (Å²) in [5, 5.41) is 9.92. The summed E-state index contributed by atoms with van der Waals surface area (Å²) in [4.78, 5) is 13.4. The Hall–Kier alpha value is -2.40. The zero-order chi connectivity index (χ0) is 15.0. The SMILES string of the molecule is COc1ccc(N2C(=O)[C@@H](O)[C@@H]2c2ccc(F)cc2)cc1. The highest BCUT2D eigenvalue weighted by Gasteiger charge is 2.47. The van der Waals surface area contributed by atoms with Crippen LogP contribution in [0.5, 0.6) is 5.75 Å². The fourth-order valence-electron chi connectivity index (χ4n) is 2.50. The van der Waals surface area contributed by atoms with Crippen molar-refractivity contribution >= 4 is 11.6 Å². The molecule has 0 saturated carbocycles. The van der Waals surface area contributed by atoms with Crippen LogP contribution in [0, 0.1) is 5.82 Å². The molecular weight excluding hydrogens is 273 g/mol. The van der Waals surface area contributed by atoms with Gasteiger partial charge in [0, 0.05) is 5.69 Å². The van der Waals surface area contributed by atoms with Crippen LogP contribution >= 0.6 is 0 Å². The first-order valence-electron chi connectivity index (χ1n) is 6.52.